The smallest absolute Gasteiger partial charge is 0.235 e. The Kier molecular flexibility index (Phi) is 5.77. The van der Waals surface area contributed by atoms with E-state index in [-0.39, 0.29) is 11.7 Å². The standard InChI is InChI=1S/C19H22ClN7OS/c1-13-10-16(25(2)24-13)21-17(28)12-29-19-23-22-18(26-8-3-4-9-26)27(19)15-7-5-6-14(20)11-15/h5-7,10-11H,3-4,8-9,12H2,1-2H3,(H,21,28). The number of carbonyl (C=O) groups is 1. The number of benzene rings is 1. The molecule has 8 nitrogen and oxygen atoms in total. The molecule has 0 radical (unpaired) electrons. The van der Waals surface area contributed by atoms with Crippen LogP contribution in [0.5, 0.6) is 0 Å². The van der Waals surface area contributed by atoms with Crippen molar-refractivity contribution < 1.29 is 4.79 Å². The first kappa shape index (κ1) is 19.8. The molecule has 0 saturated carbocycles. The molecule has 1 aromatic carbocycles. The van der Waals surface area contributed by atoms with Gasteiger partial charge >= 0.3 is 0 Å². The quantitative estimate of drug-likeness (QED) is 0.603. The van der Waals surface area contributed by atoms with Gasteiger partial charge in [0, 0.05) is 31.2 Å². The topological polar surface area (TPSA) is 80.9 Å². The fourth-order valence-electron chi connectivity index (χ4n) is 3.36. The van der Waals surface area contributed by atoms with Gasteiger partial charge in [0.25, 0.3) is 0 Å². The van der Waals surface area contributed by atoms with Gasteiger partial charge in [-0.25, -0.2) is 0 Å². The second-order valence-electron chi connectivity index (χ2n) is 6.92. The maximum atomic E-state index is 12.5. The molecule has 3 aromatic rings. The van der Waals surface area contributed by atoms with E-state index in [4.69, 9.17) is 11.6 Å². The van der Waals surface area contributed by atoms with E-state index in [0.29, 0.717) is 16.0 Å². The minimum absolute atomic E-state index is 0.124. The van der Waals surface area contributed by atoms with Crippen molar-refractivity contribution in [2.24, 2.45) is 7.05 Å². The molecule has 152 valence electrons. The zero-order valence-electron chi connectivity index (χ0n) is 16.3. The number of thioether (sulfide) groups is 1. The third-order valence-electron chi connectivity index (χ3n) is 4.67. The van der Waals surface area contributed by atoms with Gasteiger partial charge in [-0.15, -0.1) is 10.2 Å². The molecule has 0 unspecified atom stereocenters. The molecule has 4 rings (SSSR count). The fraction of sp³-hybridized carbons (Fsp3) is 0.368. The van der Waals surface area contributed by atoms with Crippen LogP contribution in [0.2, 0.25) is 5.02 Å². The Hall–Kier alpha value is -2.52. The Labute approximate surface area is 178 Å². The zero-order valence-corrected chi connectivity index (χ0v) is 17.9. The van der Waals surface area contributed by atoms with Crippen LogP contribution in [0.1, 0.15) is 18.5 Å². The molecule has 1 N–H and O–H groups in total. The number of hydrogen-bond acceptors (Lipinski definition) is 6. The molecule has 29 heavy (non-hydrogen) atoms. The molecule has 1 amide bonds. The lowest BCUT2D eigenvalue weighted by Gasteiger charge is -2.18. The lowest BCUT2D eigenvalue weighted by atomic mass is 10.3. The predicted octanol–water partition coefficient (Wildman–Crippen LogP) is 3.29. The number of hydrogen-bond donors (Lipinski definition) is 1. The van der Waals surface area contributed by atoms with Crippen LogP contribution in [0.25, 0.3) is 5.69 Å². The first-order valence-corrected chi connectivity index (χ1v) is 10.8. The monoisotopic (exact) mass is 431 g/mol. The number of aromatic nitrogens is 5. The molecule has 10 heteroatoms. The molecule has 1 aliphatic rings. The normalized spacial score (nSPS) is 13.8. The van der Waals surface area contributed by atoms with E-state index in [1.165, 1.54) is 11.8 Å². The highest BCUT2D eigenvalue weighted by Crippen LogP contribution is 2.29. The SMILES string of the molecule is Cc1cc(NC(=O)CSc2nnc(N3CCCC3)n2-c2cccc(Cl)c2)n(C)n1. The summed E-state index contributed by atoms with van der Waals surface area (Å²) in [7, 11) is 1.80. The van der Waals surface area contributed by atoms with Crippen LogP contribution in [-0.4, -0.2) is 49.3 Å². The lowest BCUT2D eigenvalue weighted by Crippen LogP contribution is -2.22. The van der Waals surface area contributed by atoms with Crippen molar-refractivity contribution in [3.05, 3.63) is 41.0 Å². The predicted molar refractivity (Wildman–Crippen MR) is 115 cm³/mol. The number of amides is 1. The molecule has 3 heterocycles. The molecule has 0 aliphatic carbocycles. The lowest BCUT2D eigenvalue weighted by molar-refractivity contribution is -0.113. The molecule has 0 atom stereocenters. The summed E-state index contributed by atoms with van der Waals surface area (Å²) < 4.78 is 3.63. The summed E-state index contributed by atoms with van der Waals surface area (Å²) in [4.78, 5) is 14.7. The van der Waals surface area contributed by atoms with Crippen molar-refractivity contribution in [1.82, 2.24) is 24.5 Å². The Morgan fingerprint density at radius 3 is 2.72 bits per heavy atom. The van der Waals surface area contributed by atoms with Crippen LogP contribution in [0.3, 0.4) is 0 Å². The second kappa shape index (κ2) is 8.46. The molecular weight excluding hydrogens is 410 g/mol. The minimum Gasteiger partial charge on any atom is -0.341 e. The summed E-state index contributed by atoms with van der Waals surface area (Å²) in [5.74, 6) is 1.54. The van der Waals surface area contributed by atoms with Crippen molar-refractivity contribution in [1.29, 1.82) is 0 Å². The van der Waals surface area contributed by atoms with Gasteiger partial charge in [-0.2, -0.15) is 5.10 Å². The summed E-state index contributed by atoms with van der Waals surface area (Å²) in [6, 6.07) is 9.42. The van der Waals surface area contributed by atoms with E-state index in [0.717, 1.165) is 43.3 Å². The highest BCUT2D eigenvalue weighted by Gasteiger charge is 2.23. The van der Waals surface area contributed by atoms with E-state index in [1.54, 1.807) is 11.7 Å². The third kappa shape index (κ3) is 4.40. The van der Waals surface area contributed by atoms with Crippen LogP contribution in [0.4, 0.5) is 11.8 Å². The average molecular weight is 432 g/mol. The van der Waals surface area contributed by atoms with E-state index in [9.17, 15) is 4.79 Å². The maximum absolute atomic E-state index is 12.5. The molecule has 0 spiro atoms. The minimum atomic E-state index is -0.124. The Morgan fingerprint density at radius 1 is 1.24 bits per heavy atom. The van der Waals surface area contributed by atoms with Crippen molar-refractivity contribution in [3.8, 4) is 5.69 Å². The summed E-state index contributed by atoms with van der Waals surface area (Å²) in [5, 5.41) is 17.2. The van der Waals surface area contributed by atoms with Gasteiger partial charge in [0.1, 0.15) is 5.82 Å². The van der Waals surface area contributed by atoms with Crippen LogP contribution >= 0.6 is 23.4 Å². The number of nitrogens with one attached hydrogen (secondary N) is 1. The van der Waals surface area contributed by atoms with Gasteiger partial charge in [-0.05, 0) is 38.0 Å². The van der Waals surface area contributed by atoms with E-state index in [1.807, 2.05) is 41.8 Å². The maximum Gasteiger partial charge on any atom is 0.235 e. The van der Waals surface area contributed by atoms with Crippen LogP contribution in [0, 0.1) is 6.92 Å². The Morgan fingerprint density at radius 2 is 2.03 bits per heavy atom. The number of carbonyl (C=O) groups excluding carboxylic acids is 1. The van der Waals surface area contributed by atoms with Crippen molar-refractivity contribution in [3.63, 3.8) is 0 Å². The van der Waals surface area contributed by atoms with Crippen LogP contribution in [-0.2, 0) is 11.8 Å². The van der Waals surface area contributed by atoms with E-state index >= 15 is 0 Å². The molecule has 1 saturated heterocycles. The van der Waals surface area contributed by atoms with Gasteiger partial charge in [0.15, 0.2) is 5.16 Å². The number of nitrogens with zero attached hydrogens (tertiary/aromatic N) is 6. The summed E-state index contributed by atoms with van der Waals surface area (Å²) in [6.07, 6.45) is 2.27. The van der Waals surface area contributed by atoms with Crippen LogP contribution < -0.4 is 10.2 Å². The van der Waals surface area contributed by atoms with Gasteiger partial charge in [0.2, 0.25) is 11.9 Å². The van der Waals surface area contributed by atoms with Gasteiger partial charge in [-0.1, -0.05) is 29.4 Å². The van der Waals surface area contributed by atoms with E-state index < -0.39 is 0 Å². The summed E-state index contributed by atoms with van der Waals surface area (Å²) in [6.45, 7) is 3.78. The average Bonchev–Trinajstić information content (AvgIpc) is 3.40. The van der Waals surface area contributed by atoms with Gasteiger partial charge < -0.3 is 10.2 Å². The van der Waals surface area contributed by atoms with Gasteiger partial charge in [-0.3, -0.25) is 14.0 Å². The largest absolute Gasteiger partial charge is 0.341 e. The zero-order chi connectivity index (χ0) is 20.4. The highest BCUT2D eigenvalue weighted by molar-refractivity contribution is 7.99. The second-order valence-corrected chi connectivity index (χ2v) is 8.30. The molecule has 1 aliphatic heterocycles. The van der Waals surface area contributed by atoms with Crippen molar-refractivity contribution >= 4 is 41.0 Å². The van der Waals surface area contributed by atoms with Gasteiger partial charge in [0.05, 0.1) is 17.1 Å². The number of halogens is 1. The molecule has 1 fully saturated rings. The van der Waals surface area contributed by atoms with Crippen molar-refractivity contribution in [2.75, 3.05) is 29.1 Å². The number of anilines is 2. The van der Waals surface area contributed by atoms with Crippen molar-refractivity contribution in [2.45, 2.75) is 24.9 Å². The third-order valence-corrected chi connectivity index (χ3v) is 5.84. The highest BCUT2D eigenvalue weighted by atomic mass is 35.5. The Bertz CT molecular complexity index is 1030. The first-order valence-electron chi connectivity index (χ1n) is 9.41. The molecule has 2 aromatic heterocycles. The molecule has 0 bridgehead atoms. The Balaban J connectivity index is 1.55. The van der Waals surface area contributed by atoms with E-state index in [2.05, 4.69) is 25.5 Å². The first-order chi connectivity index (χ1) is 14.0. The molecular formula is C19H22ClN7OS. The number of aryl methyl sites for hydroxylation is 2. The number of rotatable bonds is 6. The summed E-state index contributed by atoms with van der Waals surface area (Å²) in [5.41, 5.74) is 1.74. The summed E-state index contributed by atoms with van der Waals surface area (Å²) >= 11 is 7.56. The fourth-order valence-corrected chi connectivity index (χ4v) is 4.29. The van der Waals surface area contributed by atoms with Crippen LogP contribution in [0.15, 0.2) is 35.5 Å².